The predicted octanol–water partition coefficient (Wildman–Crippen LogP) is 1.57. The van der Waals surface area contributed by atoms with Gasteiger partial charge in [-0.2, -0.15) is 0 Å². The van der Waals surface area contributed by atoms with Crippen LogP contribution in [0.3, 0.4) is 0 Å². The average Bonchev–Trinajstić information content (AvgIpc) is 3.09. The Kier molecular flexibility index (Phi) is 3.39. The molecule has 2 rings (SSSR count). The number of nitrogens with zero attached hydrogens (tertiary/aromatic N) is 3. The van der Waals surface area contributed by atoms with Crippen LogP contribution in [0.4, 0.5) is 5.82 Å². The number of nitrogens with one attached hydrogen (secondary N) is 1. The van der Waals surface area contributed by atoms with Crippen LogP contribution in [-0.4, -0.2) is 29.1 Å². The Bertz CT molecular complexity index is 347. The number of aromatic nitrogens is 2. The monoisotopic (exact) mass is 220 g/mol. The summed E-state index contributed by atoms with van der Waals surface area (Å²) < 4.78 is 0. The van der Waals surface area contributed by atoms with Crippen LogP contribution in [0.1, 0.15) is 32.4 Å². The molecule has 1 aromatic heterocycles. The maximum atomic E-state index is 4.59. The first kappa shape index (κ1) is 11.3. The highest BCUT2D eigenvalue weighted by Gasteiger charge is 2.20. The molecule has 1 aliphatic rings. The third-order valence-electron chi connectivity index (χ3n) is 2.96. The number of rotatable bonds is 5. The molecule has 4 nitrogen and oxygen atoms in total. The third kappa shape index (κ3) is 2.92. The van der Waals surface area contributed by atoms with Crippen LogP contribution in [0.15, 0.2) is 12.4 Å². The molecule has 1 heterocycles. The Morgan fingerprint density at radius 3 is 2.81 bits per heavy atom. The quantitative estimate of drug-likeness (QED) is 0.818. The minimum atomic E-state index is 0.445. The zero-order valence-electron chi connectivity index (χ0n) is 10.3. The number of anilines is 1. The topological polar surface area (TPSA) is 41.1 Å². The van der Waals surface area contributed by atoms with E-state index in [1.165, 1.54) is 12.8 Å². The highest BCUT2D eigenvalue weighted by molar-refractivity contribution is 5.36. The molecule has 0 spiro atoms. The average molecular weight is 220 g/mol. The van der Waals surface area contributed by atoms with Gasteiger partial charge in [0.05, 0.1) is 11.9 Å². The van der Waals surface area contributed by atoms with Gasteiger partial charge >= 0.3 is 0 Å². The zero-order chi connectivity index (χ0) is 11.5. The maximum absolute atomic E-state index is 4.59. The molecule has 0 saturated heterocycles. The molecule has 88 valence electrons. The lowest BCUT2D eigenvalue weighted by Crippen LogP contribution is -2.27. The van der Waals surface area contributed by atoms with Crippen molar-refractivity contribution in [2.75, 3.05) is 11.9 Å². The first-order chi connectivity index (χ1) is 7.66. The molecule has 4 heteroatoms. The van der Waals surface area contributed by atoms with Gasteiger partial charge in [0.1, 0.15) is 5.82 Å². The van der Waals surface area contributed by atoms with Crippen molar-refractivity contribution < 1.29 is 0 Å². The second-order valence-electron chi connectivity index (χ2n) is 4.73. The van der Waals surface area contributed by atoms with Crippen LogP contribution in [-0.2, 0) is 6.54 Å². The van der Waals surface area contributed by atoms with Crippen molar-refractivity contribution in [1.29, 1.82) is 0 Å². The summed E-state index contributed by atoms with van der Waals surface area (Å²) in [7, 11) is 2.05. The molecule has 1 aromatic rings. The van der Waals surface area contributed by atoms with Gasteiger partial charge in [0.25, 0.3) is 0 Å². The SMILES string of the molecule is CC(C)N(C)c1cncc(CNC2CC2)n1. The van der Waals surface area contributed by atoms with Crippen LogP contribution in [0.25, 0.3) is 0 Å². The summed E-state index contributed by atoms with van der Waals surface area (Å²) in [6.45, 7) is 5.13. The van der Waals surface area contributed by atoms with Crippen molar-refractivity contribution in [3.63, 3.8) is 0 Å². The predicted molar refractivity (Wildman–Crippen MR) is 65.4 cm³/mol. The lowest BCUT2D eigenvalue weighted by Gasteiger charge is -2.22. The highest BCUT2D eigenvalue weighted by atomic mass is 15.2. The molecular weight excluding hydrogens is 200 g/mol. The lowest BCUT2D eigenvalue weighted by molar-refractivity contribution is 0.666. The minimum absolute atomic E-state index is 0.445. The summed E-state index contributed by atoms with van der Waals surface area (Å²) in [6.07, 6.45) is 6.27. The van der Waals surface area contributed by atoms with E-state index in [2.05, 4.69) is 34.0 Å². The number of hydrogen-bond acceptors (Lipinski definition) is 4. The summed E-state index contributed by atoms with van der Waals surface area (Å²) in [5, 5.41) is 3.45. The smallest absolute Gasteiger partial charge is 0.147 e. The van der Waals surface area contributed by atoms with Crippen LogP contribution in [0.2, 0.25) is 0 Å². The van der Waals surface area contributed by atoms with E-state index < -0.39 is 0 Å². The molecule has 16 heavy (non-hydrogen) atoms. The fraction of sp³-hybridized carbons (Fsp3) is 0.667. The molecule has 0 unspecified atom stereocenters. The van der Waals surface area contributed by atoms with Crippen LogP contribution >= 0.6 is 0 Å². The molecule has 1 N–H and O–H groups in total. The Morgan fingerprint density at radius 1 is 1.44 bits per heavy atom. The summed E-state index contributed by atoms with van der Waals surface area (Å²) in [4.78, 5) is 11.0. The summed E-state index contributed by atoms with van der Waals surface area (Å²) in [5.74, 6) is 0.949. The Labute approximate surface area is 97.1 Å². The van der Waals surface area contributed by atoms with E-state index >= 15 is 0 Å². The first-order valence-corrected chi connectivity index (χ1v) is 5.94. The lowest BCUT2D eigenvalue weighted by atomic mass is 10.3. The summed E-state index contributed by atoms with van der Waals surface area (Å²) in [5.41, 5.74) is 1.02. The Morgan fingerprint density at radius 2 is 2.19 bits per heavy atom. The van der Waals surface area contributed by atoms with Gasteiger partial charge in [0.2, 0.25) is 0 Å². The Hall–Kier alpha value is -1.16. The largest absolute Gasteiger partial charge is 0.356 e. The molecule has 1 saturated carbocycles. The summed E-state index contributed by atoms with van der Waals surface area (Å²) in [6, 6.07) is 1.16. The van der Waals surface area contributed by atoms with Crippen LogP contribution in [0.5, 0.6) is 0 Å². The summed E-state index contributed by atoms with van der Waals surface area (Å²) >= 11 is 0. The van der Waals surface area contributed by atoms with Crippen molar-refractivity contribution >= 4 is 5.82 Å². The molecule has 0 amide bonds. The van der Waals surface area contributed by atoms with E-state index in [4.69, 9.17) is 0 Å². The molecule has 0 aliphatic heterocycles. The second-order valence-corrected chi connectivity index (χ2v) is 4.73. The van der Waals surface area contributed by atoms with E-state index in [0.717, 1.165) is 18.1 Å². The van der Waals surface area contributed by atoms with Gasteiger partial charge in [-0.3, -0.25) is 4.98 Å². The molecule has 1 aliphatic carbocycles. The second kappa shape index (κ2) is 4.78. The first-order valence-electron chi connectivity index (χ1n) is 5.94. The van der Waals surface area contributed by atoms with E-state index in [1.807, 2.05) is 19.4 Å². The van der Waals surface area contributed by atoms with Gasteiger partial charge in [-0.1, -0.05) is 0 Å². The van der Waals surface area contributed by atoms with Crippen LogP contribution in [0, 0.1) is 0 Å². The van der Waals surface area contributed by atoms with Gasteiger partial charge in [-0.05, 0) is 26.7 Å². The molecule has 0 atom stereocenters. The van der Waals surface area contributed by atoms with E-state index in [1.54, 1.807) is 0 Å². The van der Waals surface area contributed by atoms with Gasteiger partial charge in [0, 0.05) is 31.9 Å². The molecule has 0 bridgehead atoms. The molecule has 0 radical (unpaired) electrons. The van der Waals surface area contributed by atoms with Crippen molar-refractivity contribution in [2.45, 2.75) is 45.3 Å². The standard InChI is InChI=1S/C12H20N4/c1-9(2)16(3)12-8-13-6-11(15-12)7-14-10-4-5-10/h6,8-10,14H,4-5,7H2,1-3H3. The van der Waals surface area contributed by atoms with Gasteiger partial charge < -0.3 is 10.2 Å². The maximum Gasteiger partial charge on any atom is 0.147 e. The highest BCUT2D eigenvalue weighted by Crippen LogP contribution is 2.19. The van der Waals surface area contributed by atoms with Gasteiger partial charge in [-0.15, -0.1) is 0 Å². The zero-order valence-corrected chi connectivity index (χ0v) is 10.3. The molecular formula is C12H20N4. The minimum Gasteiger partial charge on any atom is -0.356 e. The number of hydrogen-bond donors (Lipinski definition) is 1. The van der Waals surface area contributed by atoms with E-state index in [-0.39, 0.29) is 0 Å². The van der Waals surface area contributed by atoms with Crippen molar-refractivity contribution in [3.05, 3.63) is 18.1 Å². The van der Waals surface area contributed by atoms with Crippen LogP contribution < -0.4 is 10.2 Å². The molecule has 0 aromatic carbocycles. The van der Waals surface area contributed by atoms with Crippen molar-refractivity contribution in [2.24, 2.45) is 0 Å². The fourth-order valence-electron chi connectivity index (χ4n) is 1.45. The van der Waals surface area contributed by atoms with Crippen molar-refractivity contribution in [1.82, 2.24) is 15.3 Å². The van der Waals surface area contributed by atoms with Gasteiger partial charge in [-0.25, -0.2) is 4.98 Å². The van der Waals surface area contributed by atoms with Crippen molar-refractivity contribution in [3.8, 4) is 0 Å². The molecule has 1 fully saturated rings. The Balaban J connectivity index is 1.99. The van der Waals surface area contributed by atoms with E-state index in [9.17, 15) is 0 Å². The fourth-order valence-corrected chi connectivity index (χ4v) is 1.45. The third-order valence-corrected chi connectivity index (χ3v) is 2.96. The van der Waals surface area contributed by atoms with E-state index in [0.29, 0.717) is 12.1 Å². The van der Waals surface area contributed by atoms with Gasteiger partial charge in [0.15, 0.2) is 0 Å². The normalized spacial score (nSPS) is 15.5.